The molecule has 0 bridgehead atoms. The highest BCUT2D eigenvalue weighted by Crippen LogP contribution is 2.21. The van der Waals surface area contributed by atoms with Crippen LogP contribution in [0.5, 0.6) is 5.75 Å². The molecule has 0 spiro atoms. The van der Waals surface area contributed by atoms with Crippen LogP contribution in [-0.4, -0.2) is 47.0 Å². The lowest BCUT2D eigenvalue weighted by atomic mass is 9.99. The van der Waals surface area contributed by atoms with E-state index in [-0.39, 0.29) is 5.91 Å². The predicted molar refractivity (Wildman–Crippen MR) is 106 cm³/mol. The lowest BCUT2D eigenvalue weighted by molar-refractivity contribution is 0.0602. The van der Waals surface area contributed by atoms with Crippen molar-refractivity contribution in [3.8, 4) is 5.75 Å². The van der Waals surface area contributed by atoms with Gasteiger partial charge < -0.3 is 15.0 Å². The topological polar surface area (TPSA) is 67.4 Å². The molecule has 6 heteroatoms. The van der Waals surface area contributed by atoms with E-state index in [0.717, 1.165) is 44.5 Å². The van der Waals surface area contributed by atoms with E-state index in [1.54, 1.807) is 13.2 Å². The molecule has 1 saturated heterocycles. The second-order valence-electron chi connectivity index (χ2n) is 6.87. The van der Waals surface area contributed by atoms with Gasteiger partial charge in [-0.2, -0.15) is 0 Å². The van der Waals surface area contributed by atoms with Crippen molar-refractivity contribution in [2.45, 2.75) is 45.1 Å². The van der Waals surface area contributed by atoms with Crippen molar-refractivity contribution in [1.29, 1.82) is 0 Å². The number of aromatic nitrogens is 2. The number of nitrogens with zero attached hydrogens (tertiary/aromatic N) is 3. The summed E-state index contributed by atoms with van der Waals surface area (Å²) in [6.07, 6.45) is 6.67. The number of carbonyl (C=O) groups is 1. The van der Waals surface area contributed by atoms with Gasteiger partial charge in [-0.1, -0.05) is 19.1 Å². The summed E-state index contributed by atoms with van der Waals surface area (Å²) >= 11 is 0. The molecule has 1 unspecified atom stereocenters. The molecule has 0 saturated carbocycles. The molecule has 1 amide bonds. The number of amides is 1. The van der Waals surface area contributed by atoms with Crippen molar-refractivity contribution in [2.75, 3.05) is 25.5 Å². The van der Waals surface area contributed by atoms with Gasteiger partial charge in [0.2, 0.25) is 0 Å². The van der Waals surface area contributed by atoms with Gasteiger partial charge in [0.05, 0.1) is 7.11 Å². The first-order chi connectivity index (χ1) is 13.2. The minimum Gasteiger partial charge on any atom is -0.497 e. The van der Waals surface area contributed by atoms with E-state index in [1.165, 1.54) is 18.3 Å². The minimum absolute atomic E-state index is 0.0159. The zero-order chi connectivity index (χ0) is 19.1. The normalized spacial score (nSPS) is 16.8. The van der Waals surface area contributed by atoms with Crippen LogP contribution < -0.4 is 10.1 Å². The van der Waals surface area contributed by atoms with Crippen LogP contribution in [0.1, 0.15) is 48.7 Å². The summed E-state index contributed by atoms with van der Waals surface area (Å²) in [5.74, 6) is 1.56. The number of likely N-dealkylation sites (tertiary alicyclic amines) is 1. The number of anilines is 1. The standard InChI is InChI=1S/C21H28N4O2/c1-3-17-6-4-5-13-25(17)21(26)19-14-20(24-15-23-19)22-12-11-16-7-9-18(27-2)10-8-16/h7-10,14-15,17H,3-6,11-13H2,1-2H3,(H,22,23,24). The van der Waals surface area contributed by atoms with E-state index >= 15 is 0 Å². The van der Waals surface area contributed by atoms with E-state index in [9.17, 15) is 4.79 Å². The Labute approximate surface area is 161 Å². The monoisotopic (exact) mass is 368 g/mol. The summed E-state index contributed by atoms with van der Waals surface area (Å²) in [4.78, 5) is 23.3. The summed E-state index contributed by atoms with van der Waals surface area (Å²) in [6.45, 7) is 3.70. The second kappa shape index (κ2) is 9.35. The number of benzene rings is 1. The zero-order valence-corrected chi connectivity index (χ0v) is 16.1. The number of carbonyl (C=O) groups excluding carboxylic acids is 1. The molecule has 1 fully saturated rings. The van der Waals surface area contributed by atoms with Crippen LogP contribution in [0.25, 0.3) is 0 Å². The number of hydrogen-bond acceptors (Lipinski definition) is 5. The predicted octanol–water partition coefficient (Wildman–Crippen LogP) is 3.54. The zero-order valence-electron chi connectivity index (χ0n) is 16.1. The van der Waals surface area contributed by atoms with Crippen molar-refractivity contribution in [3.05, 3.63) is 47.9 Å². The lowest BCUT2D eigenvalue weighted by Gasteiger charge is -2.35. The smallest absolute Gasteiger partial charge is 0.272 e. The van der Waals surface area contributed by atoms with E-state index in [1.807, 2.05) is 17.0 Å². The molecule has 2 aromatic rings. The van der Waals surface area contributed by atoms with Crippen molar-refractivity contribution >= 4 is 11.7 Å². The van der Waals surface area contributed by atoms with Gasteiger partial charge in [0.25, 0.3) is 5.91 Å². The summed E-state index contributed by atoms with van der Waals surface area (Å²) in [7, 11) is 1.66. The highest BCUT2D eigenvalue weighted by atomic mass is 16.5. The molecule has 144 valence electrons. The fourth-order valence-corrected chi connectivity index (χ4v) is 3.54. The van der Waals surface area contributed by atoms with E-state index < -0.39 is 0 Å². The number of rotatable bonds is 7. The molecular formula is C21H28N4O2. The van der Waals surface area contributed by atoms with Crippen molar-refractivity contribution in [3.63, 3.8) is 0 Å². The van der Waals surface area contributed by atoms with Gasteiger partial charge >= 0.3 is 0 Å². The Morgan fingerprint density at radius 1 is 1.26 bits per heavy atom. The minimum atomic E-state index is 0.0159. The third-order valence-electron chi connectivity index (χ3n) is 5.12. The summed E-state index contributed by atoms with van der Waals surface area (Å²) in [5.41, 5.74) is 1.69. The summed E-state index contributed by atoms with van der Waals surface area (Å²) in [6, 6.07) is 10.1. The molecule has 3 rings (SSSR count). The maximum absolute atomic E-state index is 12.9. The van der Waals surface area contributed by atoms with Crippen LogP contribution in [0, 0.1) is 0 Å². The first-order valence-electron chi connectivity index (χ1n) is 9.71. The molecule has 1 N–H and O–H groups in total. The molecule has 0 radical (unpaired) electrons. The highest BCUT2D eigenvalue weighted by Gasteiger charge is 2.27. The number of hydrogen-bond donors (Lipinski definition) is 1. The molecule has 1 aromatic heterocycles. The Morgan fingerprint density at radius 3 is 2.81 bits per heavy atom. The molecule has 1 atom stereocenters. The van der Waals surface area contributed by atoms with Crippen LogP contribution in [0.15, 0.2) is 36.7 Å². The number of nitrogens with one attached hydrogen (secondary N) is 1. The van der Waals surface area contributed by atoms with Gasteiger partial charge in [-0.3, -0.25) is 4.79 Å². The molecular weight excluding hydrogens is 340 g/mol. The quantitative estimate of drug-likeness (QED) is 0.810. The van der Waals surface area contributed by atoms with E-state index in [0.29, 0.717) is 17.6 Å². The Bertz CT molecular complexity index is 748. The molecule has 1 aliphatic heterocycles. The number of piperidine rings is 1. The van der Waals surface area contributed by atoms with Gasteiger partial charge in [-0.15, -0.1) is 0 Å². The molecule has 0 aliphatic carbocycles. The van der Waals surface area contributed by atoms with Gasteiger partial charge in [0, 0.05) is 25.2 Å². The van der Waals surface area contributed by atoms with Gasteiger partial charge in [0.15, 0.2) is 0 Å². The van der Waals surface area contributed by atoms with Crippen molar-refractivity contribution in [1.82, 2.24) is 14.9 Å². The Kier molecular flexibility index (Phi) is 6.63. The Hall–Kier alpha value is -2.63. The largest absolute Gasteiger partial charge is 0.497 e. The SMILES string of the molecule is CCC1CCCCN1C(=O)c1cc(NCCc2ccc(OC)cc2)ncn1. The van der Waals surface area contributed by atoms with Crippen LogP contribution in [0.3, 0.4) is 0 Å². The maximum Gasteiger partial charge on any atom is 0.272 e. The third kappa shape index (κ3) is 4.96. The second-order valence-corrected chi connectivity index (χ2v) is 6.87. The lowest BCUT2D eigenvalue weighted by Crippen LogP contribution is -2.43. The number of methoxy groups -OCH3 is 1. The first kappa shape index (κ1) is 19.1. The Morgan fingerprint density at radius 2 is 2.07 bits per heavy atom. The van der Waals surface area contributed by atoms with Gasteiger partial charge in [-0.25, -0.2) is 9.97 Å². The van der Waals surface area contributed by atoms with Crippen LogP contribution in [0.2, 0.25) is 0 Å². The fourth-order valence-electron chi connectivity index (χ4n) is 3.54. The summed E-state index contributed by atoms with van der Waals surface area (Å²) in [5, 5.41) is 3.29. The Balaban J connectivity index is 1.58. The highest BCUT2D eigenvalue weighted by molar-refractivity contribution is 5.93. The fraction of sp³-hybridized carbons (Fsp3) is 0.476. The average Bonchev–Trinajstić information content (AvgIpc) is 2.74. The van der Waals surface area contributed by atoms with Crippen LogP contribution >= 0.6 is 0 Å². The summed E-state index contributed by atoms with van der Waals surface area (Å²) < 4.78 is 5.18. The van der Waals surface area contributed by atoms with Gasteiger partial charge in [0.1, 0.15) is 23.6 Å². The van der Waals surface area contributed by atoms with Crippen molar-refractivity contribution in [2.24, 2.45) is 0 Å². The van der Waals surface area contributed by atoms with E-state index in [4.69, 9.17) is 4.74 Å². The average molecular weight is 368 g/mol. The molecule has 1 aromatic carbocycles. The maximum atomic E-state index is 12.9. The van der Waals surface area contributed by atoms with Gasteiger partial charge in [-0.05, 0) is 49.8 Å². The first-order valence-corrected chi connectivity index (χ1v) is 9.71. The molecule has 1 aliphatic rings. The number of ether oxygens (including phenoxy) is 1. The van der Waals surface area contributed by atoms with Crippen LogP contribution in [0.4, 0.5) is 5.82 Å². The molecule has 2 heterocycles. The molecule has 6 nitrogen and oxygen atoms in total. The van der Waals surface area contributed by atoms with Crippen LogP contribution in [-0.2, 0) is 6.42 Å². The van der Waals surface area contributed by atoms with Crippen molar-refractivity contribution < 1.29 is 9.53 Å². The third-order valence-corrected chi connectivity index (χ3v) is 5.12. The molecule has 27 heavy (non-hydrogen) atoms. The van der Waals surface area contributed by atoms with E-state index in [2.05, 4.69) is 34.3 Å².